The first kappa shape index (κ1) is 24.0. The van der Waals surface area contributed by atoms with Gasteiger partial charge in [0, 0.05) is 0 Å². The van der Waals surface area contributed by atoms with E-state index in [2.05, 4.69) is 0 Å². The number of rotatable bonds is 6. The van der Waals surface area contributed by atoms with Gasteiger partial charge in [-0.1, -0.05) is 12.8 Å². The molecule has 0 saturated heterocycles. The van der Waals surface area contributed by atoms with E-state index in [0.29, 0.717) is 35.5 Å². The van der Waals surface area contributed by atoms with Crippen molar-refractivity contribution in [2.75, 3.05) is 0 Å². The summed E-state index contributed by atoms with van der Waals surface area (Å²) < 4.78 is 0. The maximum atomic E-state index is 11.2. The highest BCUT2D eigenvalue weighted by Crippen LogP contribution is 2.44. The zero-order valence-corrected chi connectivity index (χ0v) is 19.6. The number of hydrogen-bond acceptors (Lipinski definition) is 4. The molecule has 31 heavy (non-hydrogen) atoms. The third kappa shape index (κ3) is 6.46. The third-order valence-corrected chi connectivity index (χ3v) is 9.74. The van der Waals surface area contributed by atoms with E-state index in [0.717, 1.165) is 96.3 Å². The average Bonchev–Trinajstić information content (AvgIpc) is 2.77. The summed E-state index contributed by atoms with van der Waals surface area (Å²) in [6.45, 7) is 0. The van der Waals surface area contributed by atoms with Crippen LogP contribution in [0.15, 0.2) is 0 Å². The quantitative estimate of drug-likeness (QED) is 0.481. The second kappa shape index (κ2) is 11.3. The van der Waals surface area contributed by atoms with Crippen molar-refractivity contribution >= 4 is 0 Å². The van der Waals surface area contributed by atoms with Gasteiger partial charge < -0.3 is 20.4 Å². The average molecular weight is 437 g/mol. The van der Waals surface area contributed by atoms with Crippen LogP contribution in [0.4, 0.5) is 0 Å². The summed E-state index contributed by atoms with van der Waals surface area (Å²) in [5, 5.41) is 42.0. The second-order valence-electron chi connectivity index (χ2n) is 11.9. The van der Waals surface area contributed by atoms with E-state index in [1.807, 2.05) is 0 Å². The molecule has 0 heterocycles. The van der Waals surface area contributed by atoms with Crippen LogP contribution in [0.1, 0.15) is 109 Å². The standard InChI is InChI=1S/C27H48O4/c28-24-11-7-18(8-12-24)15-20-3-1-5-22(26(20)30)17-23-6-2-4-21(27(23)31)16-19-9-13-25(29)14-10-19/h18-31H,1-17H2. The van der Waals surface area contributed by atoms with Crippen molar-refractivity contribution in [1.29, 1.82) is 0 Å². The molecule has 0 aromatic carbocycles. The summed E-state index contributed by atoms with van der Waals surface area (Å²) in [4.78, 5) is 0. The van der Waals surface area contributed by atoms with Gasteiger partial charge >= 0.3 is 0 Å². The first-order valence-corrected chi connectivity index (χ1v) is 13.7. The number of aliphatic hydroxyl groups is 4. The molecular formula is C27H48O4. The highest BCUT2D eigenvalue weighted by Gasteiger charge is 2.39. The predicted octanol–water partition coefficient (Wildman–Crippen LogP) is 4.81. The lowest BCUT2D eigenvalue weighted by Gasteiger charge is -2.42. The van der Waals surface area contributed by atoms with Gasteiger partial charge in [-0.15, -0.1) is 0 Å². The Kier molecular flexibility index (Phi) is 8.75. The molecule has 4 aliphatic carbocycles. The lowest BCUT2D eigenvalue weighted by Crippen LogP contribution is -2.40. The minimum Gasteiger partial charge on any atom is -0.393 e. The largest absolute Gasteiger partial charge is 0.393 e. The Hall–Kier alpha value is -0.160. The summed E-state index contributed by atoms with van der Waals surface area (Å²) >= 11 is 0. The molecule has 0 aliphatic heterocycles. The summed E-state index contributed by atoms with van der Waals surface area (Å²) in [5.41, 5.74) is 0. The van der Waals surface area contributed by atoms with Crippen molar-refractivity contribution in [3.8, 4) is 0 Å². The summed E-state index contributed by atoms with van der Waals surface area (Å²) in [5.74, 6) is 2.92. The molecule has 6 atom stereocenters. The third-order valence-electron chi connectivity index (χ3n) is 9.74. The van der Waals surface area contributed by atoms with E-state index in [-0.39, 0.29) is 24.4 Å². The van der Waals surface area contributed by atoms with Crippen molar-refractivity contribution in [3.63, 3.8) is 0 Å². The van der Waals surface area contributed by atoms with Crippen LogP contribution in [0.3, 0.4) is 0 Å². The van der Waals surface area contributed by atoms with E-state index in [4.69, 9.17) is 0 Å². The van der Waals surface area contributed by atoms with Crippen LogP contribution in [0.25, 0.3) is 0 Å². The molecule has 4 rings (SSSR count). The van der Waals surface area contributed by atoms with Crippen molar-refractivity contribution in [2.45, 2.75) is 134 Å². The van der Waals surface area contributed by atoms with Crippen molar-refractivity contribution < 1.29 is 20.4 Å². The fraction of sp³-hybridized carbons (Fsp3) is 1.00. The zero-order valence-electron chi connectivity index (χ0n) is 19.6. The van der Waals surface area contributed by atoms with E-state index in [1.54, 1.807) is 0 Å². The maximum absolute atomic E-state index is 11.2. The van der Waals surface area contributed by atoms with Crippen LogP contribution in [0, 0.1) is 35.5 Å². The monoisotopic (exact) mass is 436 g/mol. The highest BCUT2D eigenvalue weighted by atomic mass is 16.3. The molecule has 4 saturated carbocycles. The van der Waals surface area contributed by atoms with Gasteiger partial charge in [-0.05, 0) is 132 Å². The van der Waals surface area contributed by atoms with E-state index < -0.39 is 0 Å². The molecule has 0 aromatic heterocycles. The Morgan fingerprint density at radius 3 is 1.06 bits per heavy atom. The molecule has 6 unspecified atom stereocenters. The molecular weight excluding hydrogens is 388 g/mol. The fourth-order valence-electron chi connectivity index (χ4n) is 7.77. The van der Waals surface area contributed by atoms with Crippen LogP contribution in [0.5, 0.6) is 0 Å². The highest BCUT2D eigenvalue weighted by molar-refractivity contribution is 4.90. The minimum absolute atomic E-state index is 0.0975. The molecule has 180 valence electrons. The molecule has 0 radical (unpaired) electrons. The Labute approximate surface area is 189 Å². The molecule has 4 aliphatic rings. The van der Waals surface area contributed by atoms with Crippen molar-refractivity contribution in [2.24, 2.45) is 35.5 Å². The Morgan fingerprint density at radius 2 is 0.710 bits per heavy atom. The molecule has 4 nitrogen and oxygen atoms in total. The summed E-state index contributed by atoms with van der Waals surface area (Å²) in [7, 11) is 0. The van der Waals surface area contributed by atoms with Crippen LogP contribution in [0.2, 0.25) is 0 Å². The van der Waals surface area contributed by atoms with Crippen LogP contribution in [-0.4, -0.2) is 44.8 Å². The van der Waals surface area contributed by atoms with E-state index in [9.17, 15) is 20.4 Å². The van der Waals surface area contributed by atoms with Crippen LogP contribution in [-0.2, 0) is 0 Å². The van der Waals surface area contributed by atoms with Gasteiger partial charge in [0.1, 0.15) is 0 Å². The van der Waals surface area contributed by atoms with Crippen molar-refractivity contribution in [1.82, 2.24) is 0 Å². The number of aliphatic hydroxyl groups excluding tert-OH is 4. The molecule has 4 fully saturated rings. The summed E-state index contributed by atoms with van der Waals surface area (Å²) in [6, 6.07) is 0. The Morgan fingerprint density at radius 1 is 0.387 bits per heavy atom. The van der Waals surface area contributed by atoms with Crippen LogP contribution >= 0.6 is 0 Å². The molecule has 0 spiro atoms. The maximum Gasteiger partial charge on any atom is 0.0596 e. The molecule has 4 heteroatoms. The van der Waals surface area contributed by atoms with Crippen LogP contribution < -0.4 is 0 Å². The first-order valence-electron chi connectivity index (χ1n) is 13.7. The SMILES string of the molecule is OC1CCC(CC2CCCC(CC3CCCC(CC4CCC(O)CC4)C3O)C2O)CC1. The van der Waals surface area contributed by atoms with E-state index in [1.165, 1.54) is 12.8 Å². The van der Waals surface area contributed by atoms with Gasteiger partial charge in [0.2, 0.25) is 0 Å². The number of hydrogen-bond donors (Lipinski definition) is 4. The molecule has 4 N–H and O–H groups in total. The van der Waals surface area contributed by atoms with Gasteiger partial charge in [-0.3, -0.25) is 0 Å². The fourth-order valence-corrected chi connectivity index (χ4v) is 7.77. The topological polar surface area (TPSA) is 80.9 Å². The first-order chi connectivity index (χ1) is 15.0. The van der Waals surface area contributed by atoms with Crippen molar-refractivity contribution in [3.05, 3.63) is 0 Å². The van der Waals surface area contributed by atoms with Gasteiger partial charge in [0.15, 0.2) is 0 Å². The minimum atomic E-state index is -0.201. The lowest BCUT2D eigenvalue weighted by molar-refractivity contribution is -0.0431. The predicted molar refractivity (Wildman–Crippen MR) is 123 cm³/mol. The lowest BCUT2D eigenvalue weighted by atomic mass is 9.66. The summed E-state index contributed by atoms with van der Waals surface area (Å²) in [6.07, 6.45) is 17.9. The van der Waals surface area contributed by atoms with Gasteiger partial charge in [0.05, 0.1) is 24.4 Å². The van der Waals surface area contributed by atoms with Gasteiger partial charge in [-0.25, -0.2) is 0 Å². The normalized spacial score (nSPS) is 47.2. The van der Waals surface area contributed by atoms with E-state index >= 15 is 0 Å². The molecule has 0 amide bonds. The molecule has 0 bridgehead atoms. The van der Waals surface area contributed by atoms with Gasteiger partial charge in [-0.2, -0.15) is 0 Å². The Bertz CT molecular complexity index is 477. The smallest absolute Gasteiger partial charge is 0.0596 e. The Balaban J connectivity index is 1.27. The molecule has 0 aromatic rings. The zero-order chi connectivity index (χ0) is 21.8. The van der Waals surface area contributed by atoms with Gasteiger partial charge in [0.25, 0.3) is 0 Å². The second-order valence-corrected chi connectivity index (χ2v) is 11.9.